The van der Waals surface area contributed by atoms with Gasteiger partial charge in [-0.1, -0.05) is 27.7 Å². The third kappa shape index (κ3) is 3.62. The maximum atomic E-state index is 12.6. The first-order valence-corrected chi connectivity index (χ1v) is 8.44. The van der Waals surface area contributed by atoms with Gasteiger partial charge in [0.25, 0.3) is 0 Å². The average Bonchev–Trinajstić information content (AvgIpc) is 2.52. The lowest BCUT2D eigenvalue weighted by Crippen LogP contribution is -2.42. The van der Waals surface area contributed by atoms with E-state index in [1.165, 1.54) is 11.1 Å². The van der Waals surface area contributed by atoms with Gasteiger partial charge < -0.3 is 14.4 Å². The van der Waals surface area contributed by atoms with Gasteiger partial charge in [-0.3, -0.25) is 4.79 Å². The van der Waals surface area contributed by atoms with Crippen molar-refractivity contribution >= 4 is 5.91 Å². The average molecular weight is 319 g/mol. The molecule has 0 aliphatic carbocycles. The van der Waals surface area contributed by atoms with Crippen LogP contribution in [0.25, 0.3) is 0 Å². The summed E-state index contributed by atoms with van der Waals surface area (Å²) in [7, 11) is 3.31. The largest absolute Gasteiger partial charge is 0.493 e. The minimum absolute atomic E-state index is 0.0198. The number of fused-ring (bicyclic) bond motifs is 1. The second kappa shape index (κ2) is 7.24. The van der Waals surface area contributed by atoms with E-state index in [2.05, 4.69) is 30.9 Å². The second-order valence-corrected chi connectivity index (χ2v) is 6.99. The van der Waals surface area contributed by atoms with E-state index < -0.39 is 0 Å². The molecule has 0 saturated heterocycles. The number of carbonyl (C=O) groups excluding carboxylic acids is 1. The third-order valence-corrected chi connectivity index (χ3v) is 4.47. The molecule has 0 fully saturated rings. The Bertz CT molecular complexity index is 566. The fraction of sp³-hybridized carbons (Fsp3) is 0.632. The Hall–Kier alpha value is -1.71. The van der Waals surface area contributed by atoms with Crippen LogP contribution in [0.1, 0.15) is 51.3 Å². The zero-order valence-electron chi connectivity index (χ0n) is 15.2. The van der Waals surface area contributed by atoms with Crippen LogP contribution in [0.5, 0.6) is 11.5 Å². The van der Waals surface area contributed by atoms with Crippen molar-refractivity contribution in [1.82, 2.24) is 4.90 Å². The Labute approximate surface area is 139 Å². The smallest absolute Gasteiger partial charge is 0.225 e. The number of benzene rings is 1. The van der Waals surface area contributed by atoms with Gasteiger partial charge in [-0.15, -0.1) is 0 Å². The standard InChI is InChI=1S/C19H29NO3/c1-12(2)9-16-15-11-18(23-6)17(22-5)10-14(15)7-8-20(16)19(21)13(3)4/h10-13,16H,7-9H2,1-6H3. The summed E-state index contributed by atoms with van der Waals surface area (Å²) in [4.78, 5) is 14.7. The van der Waals surface area contributed by atoms with Gasteiger partial charge in [0.05, 0.1) is 20.3 Å². The van der Waals surface area contributed by atoms with E-state index in [0.29, 0.717) is 5.92 Å². The van der Waals surface area contributed by atoms with E-state index in [1.54, 1.807) is 14.2 Å². The highest BCUT2D eigenvalue weighted by molar-refractivity contribution is 5.79. The number of hydrogen-bond donors (Lipinski definition) is 0. The summed E-state index contributed by atoms with van der Waals surface area (Å²) in [5.41, 5.74) is 2.47. The number of methoxy groups -OCH3 is 2. The molecule has 2 rings (SSSR count). The van der Waals surface area contributed by atoms with Crippen LogP contribution in [0, 0.1) is 11.8 Å². The molecule has 1 aromatic carbocycles. The SMILES string of the molecule is COc1cc2c(cc1OC)C(CC(C)C)N(C(=O)C(C)C)CC2. The minimum Gasteiger partial charge on any atom is -0.493 e. The molecule has 0 bridgehead atoms. The van der Waals surface area contributed by atoms with Crippen LogP contribution in [0.15, 0.2) is 12.1 Å². The molecule has 1 heterocycles. The van der Waals surface area contributed by atoms with Crippen molar-refractivity contribution in [1.29, 1.82) is 0 Å². The monoisotopic (exact) mass is 319 g/mol. The maximum Gasteiger partial charge on any atom is 0.225 e. The van der Waals surface area contributed by atoms with Gasteiger partial charge in [0.2, 0.25) is 5.91 Å². The lowest BCUT2D eigenvalue weighted by atomic mass is 9.86. The molecule has 4 heteroatoms. The van der Waals surface area contributed by atoms with Crippen molar-refractivity contribution in [2.75, 3.05) is 20.8 Å². The Balaban J connectivity index is 2.48. The molecule has 1 aliphatic heterocycles. The van der Waals surface area contributed by atoms with E-state index in [1.807, 2.05) is 13.8 Å². The van der Waals surface area contributed by atoms with Gasteiger partial charge >= 0.3 is 0 Å². The Morgan fingerprint density at radius 2 is 1.78 bits per heavy atom. The number of amides is 1. The van der Waals surface area contributed by atoms with Crippen LogP contribution in [-0.4, -0.2) is 31.6 Å². The number of carbonyl (C=O) groups is 1. The highest BCUT2D eigenvalue weighted by Crippen LogP contribution is 2.40. The van der Waals surface area contributed by atoms with Crippen LogP contribution in [0.4, 0.5) is 0 Å². The molecule has 1 atom stereocenters. The molecule has 0 saturated carbocycles. The Morgan fingerprint density at radius 1 is 1.17 bits per heavy atom. The van der Waals surface area contributed by atoms with Crippen molar-refractivity contribution in [3.05, 3.63) is 23.3 Å². The molecule has 0 N–H and O–H groups in total. The number of rotatable bonds is 5. The summed E-state index contributed by atoms with van der Waals surface area (Å²) in [6.45, 7) is 9.12. The van der Waals surface area contributed by atoms with E-state index in [0.717, 1.165) is 30.9 Å². The quantitative estimate of drug-likeness (QED) is 0.828. The van der Waals surface area contributed by atoms with Crippen LogP contribution in [-0.2, 0) is 11.2 Å². The Morgan fingerprint density at radius 3 is 2.30 bits per heavy atom. The summed E-state index contributed by atoms with van der Waals surface area (Å²) in [5, 5.41) is 0. The molecule has 0 spiro atoms. The molecule has 4 nitrogen and oxygen atoms in total. The van der Waals surface area contributed by atoms with Crippen LogP contribution in [0.2, 0.25) is 0 Å². The van der Waals surface area contributed by atoms with Crippen LogP contribution in [0.3, 0.4) is 0 Å². The van der Waals surface area contributed by atoms with Crippen molar-refractivity contribution < 1.29 is 14.3 Å². The summed E-state index contributed by atoms with van der Waals surface area (Å²) in [6.07, 6.45) is 1.82. The molecule has 23 heavy (non-hydrogen) atoms. The highest BCUT2D eigenvalue weighted by atomic mass is 16.5. The zero-order chi connectivity index (χ0) is 17.1. The lowest BCUT2D eigenvalue weighted by molar-refractivity contribution is -0.137. The van der Waals surface area contributed by atoms with E-state index in [9.17, 15) is 4.79 Å². The Kier molecular flexibility index (Phi) is 5.55. The normalized spacial score (nSPS) is 17.4. The minimum atomic E-state index is 0.0198. The van der Waals surface area contributed by atoms with Crippen LogP contribution >= 0.6 is 0 Å². The predicted molar refractivity (Wildman–Crippen MR) is 92.0 cm³/mol. The van der Waals surface area contributed by atoms with Crippen molar-refractivity contribution in [2.24, 2.45) is 11.8 Å². The number of ether oxygens (including phenoxy) is 2. The van der Waals surface area contributed by atoms with Crippen molar-refractivity contribution in [3.63, 3.8) is 0 Å². The molecule has 128 valence electrons. The van der Waals surface area contributed by atoms with Gasteiger partial charge in [0.15, 0.2) is 11.5 Å². The van der Waals surface area contributed by atoms with Gasteiger partial charge in [0.1, 0.15) is 0 Å². The van der Waals surface area contributed by atoms with Gasteiger partial charge in [-0.25, -0.2) is 0 Å². The van der Waals surface area contributed by atoms with E-state index in [-0.39, 0.29) is 17.9 Å². The number of nitrogens with zero attached hydrogens (tertiary/aromatic N) is 1. The fourth-order valence-corrected chi connectivity index (χ4v) is 3.32. The summed E-state index contributed by atoms with van der Waals surface area (Å²) >= 11 is 0. The maximum absolute atomic E-state index is 12.6. The summed E-state index contributed by atoms with van der Waals surface area (Å²) < 4.78 is 10.9. The lowest BCUT2D eigenvalue weighted by Gasteiger charge is -2.39. The first-order chi connectivity index (χ1) is 10.9. The van der Waals surface area contributed by atoms with Gasteiger partial charge in [-0.05, 0) is 42.0 Å². The highest BCUT2D eigenvalue weighted by Gasteiger charge is 2.33. The molecular weight excluding hydrogens is 290 g/mol. The summed E-state index contributed by atoms with van der Waals surface area (Å²) in [6, 6.07) is 4.24. The molecule has 1 unspecified atom stereocenters. The van der Waals surface area contributed by atoms with Gasteiger partial charge in [-0.2, -0.15) is 0 Å². The van der Waals surface area contributed by atoms with E-state index >= 15 is 0 Å². The first kappa shape index (κ1) is 17.6. The third-order valence-electron chi connectivity index (χ3n) is 4.47. The topological polar surface area (TPSA) is 38.8 Å². The zero-order valence-corrected chi connectivity index (χ0v) is 15.2. The fourth-order valence-electron chi connectivity index (χ4n) is 3.32. The number of hydrogen-bond acceptors (Lipinski definition) is 3. The molecule has 1 aliphatic rings. The van der Waals surface area contributed by atoms with Crippen molar-refractivity contribution in [3.8, 4) is 11.5 Å². The second-order valence-electron chi connectivity index (χ2n) is 6.99. The molecular formula is C19H29NO3. The van der Waals surface area contributed by atoms with Gasteiger partial charge in [0, 0.05) is 12.5 Å². The molecule has 1 amide bonds. The van der Waals surface area contributed by atoms with Crippen LogP contribution < -0.4 is 9.47 Å². The van der Waals surface area contributed by atoms with Crippen molar-refractivity contribution in [2.45, 2.75) is 46.6 Å². The predicted octanol–water partition coefficient (Wildman–Crippen LogP) is 3.83. The molecule has 0 aromatic heterocycles. The first-order valence-electron chi connectivity index (χ1n) is 8.44. The molecule has 0 radical (unpaired) electrons. The molecule has 1 aromatic rings. The summed E-state index contributed by atoms with van der Waals surface area (Å²) in [5.74, 6) is 2.26. The van der Waals surface area contributed by atoms with E-state index in [4.69, 9.17) is 9.47 Å².